The lowest BCUT2D eigenvalue weighted by Crippen LogP contribution is -2.35. The van der Waals surface area contributed by atoms with Crippen LogP contribution >= 0.6 is 0 Å². The average Bonchev–Trinajstić information content (AvgIpc) is 3.03. The summed E-state index contributed by atoms with van der Waals surface area (Å²) in [6, 6.07) is 11.6. The normalized spacial score (nSPS) is 11.1. The highest BCUT2D eigenvalue weighted by molar-refractivity contribution is 5.92. The second-order valence-electron chi connectivity index (χ2n) is 6.48. The molecule has 1 aromatic carbocycles. The molecule has 0 saturated heterocycles. The Labute approximate surface area is 153 Å². The molecule has 2 heterocycles. The first kappa shape index (κ1) is 17.8. The quantitative estimate of drug-likeness (QED) is 0.704. The van der Waals surface area contributed by atoms with Crippen LogP contribution in [0.4, 0.5) is 16.2 Å². The summed E-state index contributed by atoms with van der Waals surface area (Å²) in [6.45, 7) is 6.75. The van der Waals surface area contributed by atoms with Crippen molar-refractivity contribution in [2.24, 2.45) is 0 Å². The molecule has 0 aliphatic heterocycles. The fourth-order valence-corrected chi connectivity index (χ4v) is 3.19. The molecule has 0 aliphatic rings. The van der Waals surface area contributed by atoms with Gasteiger partial charge < -0.3 is 5.11 Å². The Hall–Kier alpha value is -3.02. The summed E-state index contributed by atoms with van der Waals surface area (Å²) < 4.78 is 2.11. The largest absolute Gasteiger partial charge is 0.465 e. The number of benzene rings is 1. The van der Waals surface area contributed by atoms with E-state index < -0.39 is 6.09 Å². The predicted octanol–water partition coefficient (Wildman–Crippen LogP) is 4.61. The molecule has 0 spiro atoms. The molecule has 0 unspecified atom stereocenters. The Morgan fingerprint density at radius 1 is 1.15 bits per heavy atom. The summed E-state index contributed by atoms with van der Waals surface area (Å²) >= 11 is 0. The van der Waals surface area contributed by atoms with E-state index in [0.717, 1.165) is 29.6 Å². The van der Waals surface area contributed by atoms with E-state index in [0.29, 0.717) is 5.69 Å². The van der Waals surface area contributed by atoms with Crippen LogP contribution in [-0.2, 0) is 0 Å². The zero-order valence-corrected chi connectivity index (χ0v) is 15.3. The first-order valence-corrected chi connectivity index (χ1v) is 8.84. The lowest BCUT2D eigenvalue weighted by Gasteiger charge is -2.27. The van der Waals surface area contributed by atoms with Gasteiger partial charge in [0, 0.05) is 42.3 Å². The van der Waals surface area contributed by atoms with Crippen molar-refractivity contribution in [1.29, 1.82) is 0 Å². The summed E-state index contributed by atoms with van der Waals surface area (Å²) in [5.41, 5.74) is 2.79. The third kappa shape index (κ3) is 3.35. The number of hydrogen-bond donors (Lipinski definition) is 1. The number of amides is 1. The van der Waals surface area contributed by atoms with Gasteiger partial charge in [0.15, 0.2) is 0 Å². The van der Waals surface area contributed by atoms with Gasteiger partial charge in [0.2, 0.25) is 0 Å². The van der Waals surface area contributed by atoms with Crippen LogP contribution in [0.2, 0.25) is 0 Å². The number of nitrogens with zero attached hydrogens (tertiary/aromatic N) is 4. The van der Waals surface area contributed by atoms with Crippen LogP contribution in [-0.4, -0.2) is 33.4 Å². The van der Waals surface area contributed by atoms with Crippen molar-refractivity contribution in [3.8, 4) is 0 Å². The number of hydrogen-bond acceptors (Lipinski definition) is 3. The third-order valence-corrected chi connectivity index (χ3v) is 4.31. The highest BCUT2D eigenvalue weighted by atomic mass is 16.4. The minimum atomic E-state index is -0.942. The van der Waals surface area contributed by atoms with E-state index in [1.54, 1.807) is 12.4 Å². The maximum atomic E-state index is 11.6. The molecular weight excluding hydrogens is 328 g/mol. The zero-order chi connectivity index (χ0) is 18.7. The smallest absolute Gasteiger partial charge is 0.412 e. The van der Waals surface area contributed by atoms with Crippen molar-refractivity contribution in [2.45, 2.75) is 33.2 Å². The van der Waals surface area contributed by atoms with Gasteiger partial charge in [-0.15, -0.1) is 0 Å². The fourth-order valence-electron chi connectivity index (χ4n) is 3.19. The summed E-state index contributed by atoms with van der Waals surface area (Å²) in [4.78, 5) is 17.0. The third-order valence-electron chi connectivity index (χ3n) is 4.31. The molecule has 2 aromatic heterocycles. The lowest BCUT2D eigenvalue weighted by molar-refractivity contribution is 0.200. The standard InChI is InChI=1S/C20H24N4O2/c1-4-12-22(17-7-10-21-11-8-17)23-13-9-16-14-18(5-6-19(16)23)24(15(2)3)20(25)26/h5-11,13-15H,4,12H2,1-3H3,(H,25,26). The Morgan fingerprint density at radius 3 is 2.50 bits per heavy atom. The van der Waals surface area contributed by atoms with Gasteiger partial charge >= 0.3 is 6.09 Å². The van der Waals surface area contributed by atoms with Gasteiger partial charge in [-0.3, -0.25) is 19.6 Å². The molecule has 6 heteroatoms. The van der Waals surface area contributed by atoms with Crippen molar-refractivity contribution in [2.75, 3.05) is 16.5 Å². The summed E-state index contributed by atoms with van der Waals surface area (Å²) in [7, 11) is 0. The molecule has 0 radical (unpaired) electrons. The second-order valence-corrected chi connectivity index (χ2v) is 6.48. The Bertz CT molecular complexity index is 889. The topological polar surface area (TPSA) is 61.6 Å². The number of aromatic nitrogens is 2. The Kier molecular flexibility index (Phi) is 5.11. The molecule has 0 aliphatic carbocycles. The van der Waals surface area contributed by atoms with Crippen LogP contribution in [0.15, 0.2) is 55.0 Å². The summed E-state index contributed by atoms with van der Waals surface area (Å²) in [5, 5.41) is 12.7. The van der Waals surface area contributed by atoms with Crippen LogP contribution in [0.3, 0.4) is 0 Å². The molecule has 6 nitrogen and oxygen atoms in total. The number of rotatable bonds is 6. The molecule has 0 fully saturated rings. The predicted molar refractivity (Wildman–Crippen MR) is 105 cm³/mol. The number of anilines is 2. The molecule has 1 amide bonds. The maximum absolute atomic E-state index is 11.6. The highest BCUT2D eigenvalue weighted by Gasteiger charge is 2.19. The molecule has 3 rings (SSSR count). The zero-order valence-electron chi connectivity index (χ0n) is 15.3. The average molecular weight is 352 g/mol. The summed E-state index contributed by atoms with van der Waals surface area (Å²) in [6.07, 6.45) is 5.65. The lowest BCUT2D eigenvalue weighted by atomic mass is 10.2. The first-order valence-electron chi connectivity index (χ1n) is 8.84. The van der Waals surface area contributed by atoms with Crippen LogP contribution in [0.25, 0.3) is 10.9 Å². The maximum Gasteiger partial charge on any atom is 0.412 e. The van der Waals surface area contributed by atoms with E-state index in [1.165, 1.54) is 4.90 Å². The molecule has 0 saturated carbocycles. The fraction of sp³-hybridized carbons (Fsp3) is 0.300. The number of carbonyl (C=O) groups is 1. The van der Waals surface area contributed by atoms with Gasteiger partial charge in [-0.2, -0.15) is 0 Å². The van der Waals surface area contributed by atoms with E-state index in [-0.39, 0.29) is 6.04 Å². The van der Waals surface area contributed by atoms with Gasteiger partial charge in [-0.25, -0.2) is 4.79 Å². The van der Waals surface area contributed by atoms with Crippen molar-refractivity contribution in [3.63, 3.8) is 0 Å². The monoisotopic (exact) mass is 352 g/mol. The van der Waals surface area contributed by atoms with Gasteiger partial charge in [-0.05, 0) is 56.7 Å². The SMILES string of the molecule is CCCN(c1ccncc1)n1ccc2cc(N(C(=O)O)C(C)C)ccc21. The second kappa shape index (κ2) is 7.47. The van der Waals surface area contributed by atoms with E-state index in [2.05, 4.69) is 21.6 Å². The van der Waals surface area contributed by atoms with Crippen molar-refractivity contribution in [3.05, 3.63) is 55.0 Å². The molecule has 3 aromatic rings. The summed E-state index contributed by atoms with van der Waals surface area (Å²) in [5.74, 6) is 0. The van der Waals surface area contributed by atoms with Crippen molar-refractivity contribution < 1.29 is 9.90 Å². The van der Waals surface area contributed by atoms with E-state index in [1.807, 2.05) is 56.4 Å². The molecule has 26 heavy (non-hydrogen) atoms. The van der Waals surface area contributed by atoms with Gasteiger partial charge in [0.25, 0.3) is 0 Å². The number of fused-ring (bicyclic) bond motifs is 1. The molecule has 136 valence electrons. The first-order chi connectivity index (χ1) is 12.5. The highest BCUT2D eigenvalue weighted by Crippen LogP contribution is 2.27. The van der Waals surface area contributed by atoms with E-state index in [4.69, 9.17) is 0 Å². The van der Waals surface area contributed by atoms with Gasteiger partial charge in [0.05, 0.1) is 11.2 Å². The molecular formula is C20H24N4O2. The number of carboxylic acid groups (broad SMARTS) is 1. The van der Waals surface area contributed by atoms with E-state index >= 15 is 0 Å². The Balaban J connectivity index is 2.04. The van der Waals surface area contributed by atoms with Crippen LogP contribution in [0.1, 0.15) is 27.2 Å². The van der Waals surface area contributed by atoms with Crippen LogP contribution in [0.5, 0.6) is 0 Å². The van der Waals surface area contributed by atoms with Crippen LogP contribution < -0.4 is 9.91 Å². The molecule has 1 N–H and O–H groups in total. The minimum Gasteiger partial charge on any atom is -0.465 e. The van der Waals surface area contributed by atoms with Crippen molar-refractivity contribution >= 4 is 28.4 Å². The minimum absolute atomic E-state index is 0.125. The molecule has 0 atom stereocenters. The van der Waals surface area contributed by atoms with E-state index in [9.17, 15) is 9.90 Å². The van der Waals surface area contributed by atoms with Crippen molar-refractivity contribution in [1.82, 2.24) is 9.66 Å². The van der Waals surface area contributed by atoms with Crippen LogP contribution in [0, 0.1) is 0 Å². The van der Waals surface area contributed by atoms with Gasteiger partial charge in [0.1, 0.15) is 0 Å². The molecule has 0 bridgehead atoms. The van der Waals surface area contributed by atoms with Gasteiger partial charge in [-0.1, -0.05) is 6.92 Å². The number of pyridine rings is 1. The Morgan fingerprint density at radius 2 is 1.88 bits per heavy atom.